The number of carbonyl (C=O) groups is 1. The minimum absolute atomic E-state index is 0.254. The van der Waals surface area contributed by atoms with Crippen LogP contribution in [-0.2, 0) is 14.3 Å². The molecule has 5 nitrogen and oxygen atoms in total. The first-order chi connectivity index (χ1) is 9.99. The molecule has 126 valence electrons. The van der Waals surface area contributed by atoms with Crippen LogP contribution < -0.4 is 0 Å². The average Bonchev–Trinajstić information content (AvgIpc) is 2.33. The third-order valence-electron chi connectivity index (χ3n) is 6.09. The molecule has 0 amide bonds. The standard InChI is InChI=1S/C17H28O5/c1-5-13(2,3)12(18)22-17-9-14(19)6-15(20,10-17)8-16(7-14,11-17)21-4/h19-20H,5-11H2,1-4H3. The predicted octanol–water partition coefficient (Wildman–Crippen LogP) is 1.93. The predicted molar refractivity (Wildman–Crippen MR) is 80.2 cm³/mol. The maximum Gasteiger partial charge on any atom is 0.312 e. The molecule has 2 atom stereocenters. The number of carbonyl (C=O) groups excluding carboxylic acids is 1. The van der Waals surface area contributed by atoms with Gasteiger partial charge in [0.05, 0.1) is 22.2 Å². The molecule has 2 unspecified atom stereocenters. The maximum absolute atomic E-state index is 12.6. The van der Waals surface area contributed by atoms with Crippen molar-refractivity contribution >= 4 is 5.97 Å². The van der Waals surface area contributed by atoms with Gasteiger partial charge in [-0.3, -0.25) is 4.79 Å². The molecule has 4 aliphatic rings. The van der Waals surface area contributed by atoms with Crippen LogP contribution in [0.25, 0.3) is 0 Å². The van der Waals surface area contributed by atoms with Crippen LogP contribution in [0.4, 0.5) is 0 Å². The number of esters is 1. The Morgan fingerprint density at radius 2 is 1.50 bits per heavy atom. The molecular formula is C17H28O5. The second-order valence-corrected chi connectivity index (χ2v) is 8.71. The van der Waals surface area contributed by atoms with Crippen molar-refractivity contribution in [3.8, 4) is 0 Å². The summed E-state index contributed by atoms with van der Waals surface area (Å²) in [7, 11) is 1.62. The van der Waals surface area contributed by atoms with Crippen LogP contribution >= 0.6 is 0 Å². The quantitative estimate of drug-likeness (QED) is 0.776. The van der Waals surface area contributed by atoms with Gasteiger partial charge in [-0.1, -0.05) is 6.92 Å². The molecule has 0 saturated heterocycles. The third-order valence-corrected chi connectivity index (χ3v) is 6.09. The maximum atomic E-state index is 12.6. The molecule has 0 radical (unpaired) electrons. The third kappa shape index (κ3) is 2.38. The van der Waals surface area contributed by atoms with Crippen molar-refractivity contribution in [2.45, 2.75) is 88.1 Å². The molecule has 0 heterocycles. The molecule has 4 fully saturated rings. The van der Waals surface area contributed by atoms with Crippen molar-refractivity contribution in [1.82, 2.24) is 0 Å². The molecule has 4 rings (SSSR count). The minimum atomic E-state index is -1.00. The van der Waals surface area contributed by atoms with Crippen molar-refractivity contribution < 1.29 is 24.5 Å². The topological polar surface area (TPSA) is 76.0 Å². The van der Waals surface area contributed by atoms with Crippen LogP contribution in [0, 0.1) is 5.41 Å². The van der Waals surface area contributed by atoms with Gasteiger partial charge in [0.25, 0.3) is 0 Å². The number of rotatable bonds is 4. The molecule has 4 bridgehead atoms. The van der Waals surface area contributed by atoms with Crippen molar-refractivity contribution in [3.63, 3.8) is 0 Å². The van der Waals surface area contributed by atoms with E-state index in [2.05, 4.69) is 0 Å². The zero-order valence-electron chi connectivity index (χ0n) is 14.1. The van der Waals surface area contributed by atoms with E-state index >= 15 is 0 Å². The molecule has 0 aromatic heterocycles. The number of hydrogen-bond donors (Lipinski definition) is 2. The van der Waals surface area contributed by atoms with Crippen molar-refractivity contribution in [2.24, 2.45) is 5.41 Å². The lowest BCUT2D eigenvalue weighted by atomic mass is 9.48. The van der Waals surface area contributed by atoms with Gasteiger partial charge in [0.1, 0.15) is 5.60 Å². The fraction of sp³-hybridized carbons (Fsp3) is 0.941. The van der Waals surface area contributed by atoms with Crippen molar-refractivity contribution in [2.75, 3.05) is 7.11 Å². The lowest BCUT2D eigenvalue weighted by Crippen LogP contribution is -2.73. The highest BCUT2D eigenvalue weighted by Gasteiger charge is 2.70. The summed E-state index contributed by atoms with van der Waals surface area (Å²) in [6.45, 7) is 5.69. The van der Waals surface area contributed by atoms with Gasteiger partial charge in [-0.05, 0) is 20.3 Å². The minimum Gasteiger partial charge on any atom is -0.458 e. The average molecular weight is 312 g/mol. The number of hydrogen-bond acceptors (Lipinski definition) is 5. The van der Waals surface area contributed by atoms with E-state index in [1.807, 2.05) is 20.8 Å². The molecule has 5 heteroatoms. The normalized spacial score (nSPS) is 46.8. The number of ether oxygens (including phenoxy) is 2. The Morgan fingerprint density at radius 1 is 1.00 bits per heavy atom. The smallest absolute Gasteiger partial charge is 0.312 e. The molecule has 2 N–H and O–H groups in total. The van der Waals surface area contributed by atoms with Crippen LogP contribution in [0.5, 0.6) is 0 Å². The van der Waals surface area contributed by atoms with Gasteiger partial charge >= 0.3 is 5.97 Å². The molecule has 4 saturated carbocycles. The Morgan fingerprint density at radius 3 is 1.95 bits per heavy atom. The second-order valence-electron chi connectivity index (χ2n) is 8.71. The monoisotopic (exact) mass is 312 g/mol. The first-order valence-corrected chi connectivity index (χ1v) is 8.23. The Balaban J connectivity index is 1.92. The van der Waals surface area contributed by atoms with E-state index in [-0.39, 0.29) is 5.97 Å². The van der Waals surface area contributed by atoms with Crippen LogP contribution in [0.1, 0.15) is 65.7 Å². The zero-order valence-corrected chi connectivity index (χ0v) is 14.1. The molecule has 0 spiro atoms. The summed E-state index contributed by atoms with van der Waals surface area (Å²) < 4.78 is 11.6. The molecular weight excluding hydrogens is 284 g/mol. The Hall–Kier alpha value is -0.650. The highest BCUT2D eigenvalue weighted by molar-refractivity contribution is 5.76. The highest BCUT2D eigenvalue weighted by atomic mass is 16.6. The SMILES string of the molecule is CCC(C)(C)C(=O)OC12CC3(O)CC(O)(CC(OC)(C3)C1)C2. The van der Waals surface area contributed by atoms with Crippen LogP contribution in [0.15, 0.2) is 0 Å². The summed E-state index contributed by atoms with van der Waals surface area (Å²) in [6, 6.07) is 0. The molecule has 22 heavy (non-hydrogen) atoms. The van der Waals surface area contributed by atoms with E-state index < -0.39 is 27.8 Å². The molecule has 4 aliphatic carbocycles. The van der Waals surface area contributed by atoms with Crippen LogP contribution in [0.2, 0.25) is 0 Å². The Bertz CT molecular complexity index is 479. The fourth-order valence-corrected chi connectivity index (χ4v) is 5.15. The molecule has 0 aliphatic heterocycles. The van der Waals surface area contributed by atoms with Crippen LogP contribution in [0.3, 0.4) is 0 Å². The van der Waals surface area contributed by atoms with Gasteiger partial charge in [-0.25, -0.2) is 0 Å². The summed E-state index contributed by atoms with van der Waals surface area (Å²) in [6.07, 6.45) is 3.42. The lowest BCUT2D eigenvalue weighted by Gasteiger charge is -2.66. The summed E-state index contributed by atoms with van der Waals surface area (Å²) in [5.74, 6) is -0.254. The summed E-state index contributed by atoms with van der Waals surface area (Å²) >= 11 is 0. The Kier molecular flexibility index (Phi) is 3.28. The first kappa shape index (κ1) is 16.2. The van der Waals surface area contributed by atoms with Gasteiger partial charge in [0.2, 0.25) is 0 Å². The second kappa shape index (κ2) is 4.46. The molecule has 0 aromatic rings. The number of aliphatic hydroxyl groups is 2. The molecule has 0 aromatic carbocycles. The summed E-state index contributed by atoms with van der Waals surface area (Å²) in [5, 5.41) is 21.7. The van der Waals surface area contributed by atoms with E-state index in [0.717, 1.165) is 0 Å². The van der Waals surface area contributed by atoms with Gasteiger partial charge < -0.3 is 19.7 Å². The Labute approximate surface area is 132 Å². The van der Waals surface area contributed by atoms with Gasteiger partial charge in [0, 0.05) is 45.6 Å². The summed E-state index contributed by atoms with van der Waals surface area (Å²) in [5.41, 5.74) is -3.96. The van der Waals surface area contributed by atoms with E-state index in [4.69, 9.17) is 9.47 Å². The highest BCUT2D eigenvalue weighted by Crippen LogP contribution is 2.63. The first-order valence-electron chi connectivity index (χ1n) is 8.23. The van der Waals surface area contributed by atoms with E-state index in [9.17, 15) is 15.0 Å². The van der Waals surface area contributed by atoms with E-state index in [1.165, 1.54) is 0 Å². The van der Waals surface area contributed by atoms with E-state index in [1.54, 1.807) is 7.11 Å². The van der Waals surface area contributed by atoms with Gasteiger partial charge in [-0.2, -0.15) is 0 Å². The summed E-state index contributed by atoms with van der Waals surface area (Å²) in [4.78, 5) is 12.6. The number of methoxy groups -OCH3 is 1. The largest absolute Gasteiger partial charge is 0.458 e. The van der Waals surface area contributed by atoms with Gasteiger partial charge in [0.15, 0.2) is 0 Å². The van der Waals surface area contributed by atoms with Crippen LogP contribution in [-0.4, -0.2) is 45.7 Å². The lowest BCUT2D eigenvalue weighted by molar-refractivity contribution is -0.307. The zero-order chi connectivity index (χ0) is 16.4. The van der Waals surface area contributed by atoms with Crippen molar-refractivity contribution in [3.05, 3.63) is 0 Å². The van der Waals surface area contributed by atoms with E-state index in [0.29, 0.717) is 44.9 Å². The van der Waals surface area contributed by atoms with Crippen molar-refractivity contribution in [1.29, 1.82) is 0 Å². The fourth-order valence-electron chi connectivity index (χ4n) is 5.15. The van der Waals surface area contributed by atoms with Gasteiger partial charge in [-0.15, -0.1) is 0 Å².